The van der Waals surface area contributed by atoms with Gasteiger partial charge in [0.2, 0.25) is 0 Å². The van der Waals surface area contributed by atoms with Crippen LogP contribution in [0.4, 0.5) is 0 Å². The summed E-state index contributed by atoms with van der Waals surface area (Å²) in [7, 11) is 1.61. The van der Waals surface area contributed by atoms with E-state index in [2.05, 4.69) is 66.4 Å². The molecule has 3 heteroatoms. The van der Waals surface area contributed by atoms with Crippen LogP contribution in [0.1, 0.15) is 33.9 Å². The first-order valence-corrected chi connectivity index (χ1v) is 9.90. The molecule has 1 unspecified atom stereocenters. The number of phenolic OH excluding ortho intramolecular Hbond substituents is 1. The molecule has 0 bridgehead atoms. The Morgan fingerprint density at radius 1 is 1.00 bits per heavy atom. The summed E-state index contributed by atoms with van der Waals surface area (Å²) in [5.41, 5.74) is 6.39. The molecule has 1 heterocycles. The van der Waals surface area contributed by atoms with Crippen LogP contribution in [0.15, 0.2) is 66.7 Å². The molecule has 3 aromatic carbocycles. The topological polar surface area (TPSA) is 32.7 Å². The summed E-state index contributed by atoms with van der Waals surface area (Å²) in [5.74, 6) is 0.768. The molecule has 3 aromatic rings. The number of rotatable bonds is 5. The molecule has 28 heavy (non-hydrogen) atoms. The molecule has 0 saturated heterocycles. The van der Waals surface area contributed by atoms with Crippen LogP contribution in [0.5, 0.6) is 11.5 Å². The largest absolute Gasteiger partial charge is 0.504 e. The minimum Gasteiger partial charge on any atom is -0.504 e. The number of fused-ring (bicyclic) bond motifs is 1. The van der Waals surface area contributed by atoms with Gasteiger partial charge in [-0.25, -0.2) is 0 Å². The fraction of sp³-hybridized carbons (Fsp3) is 0.280. The van der Waals surface area contributed by atoms with Crippen LogP contribution in [-0.2, 0) is 12.8 Å². The van der Waals surface area contributed by atoms with Gasteiger partial charge in [-0.15, -0.1) is 0 Å². The van der Waals surface area contributed by atoms with Gasteiger partial charge in [0.15, 0.2) is 11.5 Å². The van der Waals surface area contributed by atoms with Crippen molar-refractivity contribution in [2.45, 2.75) is 25.8 Å². The zero-order valence-corrected chi connectivity index (χ0v) is 16.6. The highest BCUT2D eigenvalue weighted by Crippen LogP contribution is 2.41. The van der Waals surface area contributed by atoms with Crippen LogP contribution >= 0.6 is 0 Å². The number of methoxy groups -OCH3 is 1. The molecule has 1 aliphatic rings. The number of nitrogens with zero attached hydrogens (tertiary/aromatic N) is 1. The van der Waals surface area contributed by atoms with E-state index in [-0.39, 0.29) is 11.8 Å². The van der Waals surface area contributed by atoms with Gasteiger partial charge in [0.05, 0.1) is 13.2 Å². The van der Waals surface area contributed by atoms with Crippen molar-refractivity contribution >= 4 is 0 Å². The Bertz CT molecular complexity index is 952. The van der Waals surface area contributed by atoms with Crippen molar-refractivity contribution in [2.24, 2.45) is 0 Å². The van der Waals surface area contributed by atoms with Gasteiger partial charge in [0.25, 0.3) is 0 Å². The van der Waals surface area contributed by atoms with Gasteiger partial charge >= 0.3 is 0 Å². The first-order chi connectivity index (χ1) is 13.7. The maximum atomic E-state index is 10.5. The highest BCUT2D eigenvalue weighted by molar-refractivity contribution is 5.51. The van der Waals surface area contributed by atoms with Crippen molar-refractivity contribution in [3.8, 4) is 11.5 Å². The lowest BCUT2D eigenvalue weighted by Crippen LogP contribution is -2.37. The highest BCUT2D eigenvalue weighted by atomic mass is 16.5. The average molecular weight is 373 g/mol. The number of phenols is 1. The van der Waals surface area contributed by atoms with E-state index in [1.807, 2.05) is 12.1 Å². The van der Waals surface area contributed by atoms with E-state index in [9.17, 15) is 5.11 Å². The van der Waals surface area contributed by atoms with E-state index >= 15 is 0 Å². The van der Waals surface area contributed by atoms with Crippen LogP contribution < -0.4 is 4.74 Å². The minimum atomic E-state index is 0.144. The minimum absolute atomic E-state index is 0.144. The molecule has 0 fully saturated rings. The van der Waals surface area contributed by atoms with E-state index in [1.54, 1.807) is 7.11 Å². The summed E-state index contributed by atoms with van der Waals surface area (Å²) in [6, 6.07) is 23.3. The normalized spacial score (nSPS) is 16.6. The second-order valence-electron chi connectivity index (χ2n) is 7.50. The van der Waals surface area contributed by atoms with Gasteiger partial charge in [0.1, 0.15) is 0 Å². The molecule has 1 atom stereocenters. The third-order valence-corrected chi connectivity index (χ3v) is 5.78. The fourth-order valence-corrected chi connectivity index (χ4v) is 4.27. The standard InChI is InChI=1S/C25H27NO2/c1-18-8-6-7-11-21(18)25-22-17-23(27)24(28-2)16-20(22)13-15-26(25)14-12-19-9-4-3-5-10-19/h3-11,16-17,25,27H,12-15H2,1-2H3. The van der Waals surface area contributed by atoms with E-state index in [0.717, 1.165) is 25.9 Å². The van der Waals surface area contributed by atoms with Crippen molar-refractivity contribution < 1.29 is 9.84 Å². The lowest BCUT2D eigenvalue weighted by Gasteiger charge is -2.38. The zero-order chi connectivity index (χ0) is 19.5. The quantitative estimate of drug-likeness (QED) is 0.690. The molecule has 0 saturated carbocycles. The predicted octanol–water partition coefficient (Wildman–Crippen LogP) is 4.90. The third-order valence-electron chi connectivity index (χ3n) is 5.78. The number of benzene rings is 3. The Kier molecular flexibility index (Phi) is 5.36. The number of hydrogen-bond donors (Lipinski definition) is 1. The molecule has 3 nitrogen and oxygen atoms in total. The molecular weight excluding hydrogens is 346 g/mol. The molecular formula is C25H27NO2. The second kappa shape index (κ2) is 8.07. The van der Waals surface area contributed by atoms with E-state index in [0.29, 0.717) is 5.75 Å². The lowest BCUT2D eigenvalue weighted by atomic mass is 9.85. The summed E-state index contributed by atoms with van der Waals surface area (Å²) in [6.07, 6.45) is 1.98. The molecule has 0 aromatic heterocycles. The van der Waals surface area contributed by atoms with Crippen molar-refractivity contribution in [1.29, 1.82) is 0 Å². The monoisotopic (exact) mass is 373 g/mol. The van der Waals surface area contributed by atoms with Crippen molar-refractivity contribution in [1.82, 2.24) is 4.90 Å². The number of hydrogen-bond acceptors (Lipinski definition) is 3. The summed E-state index contributed by atoms with van der Waals surface area (Å²) in [4.78, 5) is 2.55. The van der Waals surface area contributed by atoms with E-state index in [1.165, 1.54) is 27.8 Å². The molecule has 0 amide bonds. The van der Waals surface area contributed by atoms with Crippen molar-refractivity contribution in [3.63, 3.8) is 0 Å². The molecule has 0 spiro atoms. The molecule has 1 N–H and O–H groups in total. The van der Waals surface area contributed by atoms with Crippen molar-refractivity contribution in [3.05, 3.63) is 94.5 Å². The Morgan fingerprint density at radius 2 is 1.75 bits per heavy atom. The van der Waals surface area contributed by atoms with E-state index in [4.69, 9.17) is 4.74 Å². The first-order valence-electron chi connectivity index (χ1n) is 9.90. The van der Waals surface area contributed by atoms with Gasteiger partial charge in [0, 0.05) is 13.1 Å². The Balaban J connectivity index is 1.72. The van der Waals surface area contributed by atoms with Crippen LogP contribution in [0.25, 0.3) is 0 Å². The molecule has 1 aliphatic heterocycles. The van der Waals surface area contributed by atoms with E-state index < -0.39 is 0 Å². The number of aryl methyl sites for hydroxylation is 1. The third kappa shape index (κ3) is 3.63. The summed E-state index contributed by atoms with van der Waals surface area (Å²) < 4.78 is 5.34. The van der Waals surface area contributed by atoms with Gasteiger partial charge < -0.3 is 9.84 Å². The molecule has 0 aliphatic carbocycles. The van der Waals surface area contributed by atoms with Gasteiger partial charge in [-0.05, 0) is 59.7 Å². The van der Waals surface area contributed by atoms with Crippen LogP contribution in [0, 0.1) is 6.92 Å². The SMILES string of the molecule is COc1cc2c(cc1O)C(c1ccccc1C)N(CCc1ccccc1)CC2. The van der Waals surface area contributed by atoms with Gasteiger partial charge in [-0.3, -0.25) is 4.90 Å². The molecule has 144 valence electrons. The van der Waals surface area contributed by atoms with Gasteiger partial charge in [-0.1, -0.05) is 54.6 Å². The summed E-state index contributed by atoms with van der Waals surface area (Å²) in [6.45, 7) is 4.14. The second-order valence-corrected chi connectivity index (χ2v) is 7.50. The van der Waals surface area contributed by atoms with Gasteiger partial charge in [-0.2, -0.15) is 0 Å². The number of aromatic hydroxyl groups is 1. The van der Waals surface area contributed by atoms with Crippen molar-refractivity contribution in [2.75, 3.05) is 20.2 Å². The Hall–Kier alpha value is -2.78. The highest BCUT2D eigenvalue weighted by Gasteiger charge is 2.30. The molecule has 4 rings (SSSR count). The smallest absolute Gasteiger partial charge is 0.160 e. The fourth-order valence-electron chi connectivity index (χ4n) is 4.27. The Morgan fingerprint density at radius 3 is 2.50 bits per heavy atom. The lowest BCUT2D eigenvalue weighted by molar-refractivity contribution is 0.214. The van der Waals surface area contributed by atoms with Crippen LogP contribution in [0.3, 0.4) is 0 Å². The molecule has 0 radical (unpaired) electrons. The van der Waals surface area contributed by atoms with Crippen LogP contribution in [0.2, 0.25) is 0 Å². The average Bonchev–Trinajstić information content (AvgIpc) is 2.73. The maximum Gasteiger partial charge on any atom is 0.160 e. The van der Waals surface area contributed by atoms with Crippen LogP contribution in [-0.4, -0.2) is 30.2 Å². The number of ether oxygens (including phenoxy) is 1. The predicted molar refractivity (Wildman–Crippen MR) is 113 cm³/mol. The first kappa shape index (κ1) is 18.6. The summed E-state index contributed by atoms with van der Waals surface area (Å²) in [5, 5.41) is 10.5. The zero-order valence-electron chi connectivity index (χ0n) is 16.6. The maximum absolute atomic E-state index is 10.5. The summed E-state index contributed by atoms with van der Waals surface area (Å²) >= 11 is 0. The Labute approximate surface area is 167 Å².